The Labute approximate surface area is 218 Å². The number of benzene rings is 1. The van der Waals surface area contributed by atoms with Crippen molar-refractivity contribution in [3.05, 3.63) is 39.7 Å². The van der Waals surface area contributed by atoms with Crippen LogP contribution in [0.25, 0.3) is 5.76 Å². The summed E-state index contributed by atoms with van der Waals surface area (Å²) in [6.45, 7) is 0.172. The molecule has 0 bridgehead atoms. The van der Waals surface area contributed by atoms with Gasteiger partial charge < -0.3 is 31.1 Å². The van der Waals surface area contributed by atoms with Crippen LogP contribution in [0.1, 0.15) is 42.0 Å². The van der Waals surface area contributed by atoms with Crippen molar-refractivity contribution in [1.29, 1.82) is 0 Å². The Morgan fingerprint density at radius 3 is 2.47 bits per heavy atom. The van der Waals surface area contributed by atoms with Crippen molar-refractivity contribution < 1.29 is 38.8 Å². The molecule has 0 aromatic heterocycles. The number of alkyl halides is 1. The molecule has 1 heterocycles. The second kappa shape index (κ2) is 9.39. The van der Waals surface area contributed by atoms with Gasteiger partial charge in [-0.25, -0.2) is 4.39 Å². The van der Waals surface area contributed by atoms with Gasteiger partial charge in [-0.3, -0.25) is 19.3 Å². The number of carbonyl (C=O) groups excluding carboxylic acids is 3. The number of aliphatic hydroxyl groups excluding tert-OH is 2. The van der Waals surface area contributed by atoms with E-state index in [9.17, 15) is 34.1 Å². The molecule has 6 N–H and O–H groups in total. The first-order chi connectivity index (χ1) is 18.0. The van der Waals surface area contributed by atoms with Gasteiger partial charge in [-0.05, 0) is 57.7 Å². The van der Waals surface area contributed by atoms with E-state index in [1.165, 1.54) is 13.2 Å². The molecule has 204 valence electrons. The molecule has 1 saturated carbocycles. The maximum atomic E-state index is 13.8. The van der Waals surface area contributed by atoms with E-state index in [2.05, 4.69) is 5.32 Å². The van der Waals surface area contributed by atoms with Crippen molar-refractivity contribution in [1.82, 2.24) is 10.2 Å². The number of ketones is 2. The van der Waals surface area contributed by atoms with Gasteiger partial charge in [0.1, 0.15) is 34.8 Å². The summed E-state index contributed by atoms with van der Waals surface area (Å²) < 4.78 is 19.5. The molecular formula is C27H32FN3O7. The van der Waals surface area contributed by atoms with Crippen molar-refractivity contribution in [3.63, 3.8) is 0 Å². The van der Waals surface area contributed by atoms with Gasteiger partial charge in [-0.15, -0.1) is 0 Å². The number of fused-ring (bicyclic) bond motifs is 3. The first-order valence-electron chi connectivity index (χ1n) is 12.7. The Morgan fingerprint density at radius 2 is 1.89 bits per heavy atom. The number of amides is 1. The monoisotopic (exact) mass is 529 g/mol. The standard InChI is InChI=1S/C27H32FN3O7/c1-31(2)21-13-6-10-7-14-18(16(32)8-12(26(14)38-3)15-5-4-11(28)9-30-15)22(33)17(10)23(34)19(13)24(35)20(25(21)36)27(29)37/h8,10-11,13,15,19,21,30,32-33,36H,4-7,9H2,1-3H3,(H2,29,37)/t10?,11?,13?,15?,19?,21-/m0/s1. The minimum atomic E-state index is -1.31. The number of aromatic hydroxyl groups is 1. The number of rotatable bonds is 4. The van der Waals surface area contributed by atoms with Crippen LogP contribution in [0.15, 0.2) is 23.0 Å². The maximum absolute atomic E-state index is 13.8. The summed E-state index contributed by atoms with van der Waals surface area (Å²) in [4.78, 5) is 40.8. The predicted molar refractivity (Wildman–Crippen MR) is 134 cm³/mol. The van der Waals surface area contributed by atoms with Crippen molar-refractivity contribution in [2.24, 2.45) is 23.5 Å². The number of aliphatic hydroxyl groups is 2. The third kappa shape index (κ3) is 3.79. The van der Waals surface area contributed by atoms with E-state index in [0.717, 1.165) is 0 Å². The van der Waals surface area contributed by atoms with Crippen molar-refractivity contribution >= 4 is 23.2 Å². The van der Waals surface area contributed by atoms with Gasteiger partial charge in [-0.2, -0.15) is 0 Å². The summed E-state index contributed by atoms with van der Waals surface area (Å²) in [6, 6.07) is 0.387. The van der Waals surface area contributed by atoms with Gasteiger partial charge >= 0.3 is 0 Å². The quantitative estimate of drug-likeness (QED) is 0.288. The predicted octanol–water partition coefficient (Wildman–Crippen LogP) is 1.62. The van der Waals surface area contributed by atoms with Crippen LogP contribution in [0.2, 0.25) is 0 Å². The average molecular weight is 530 g/mol. The number of methoxy groups -OCH3 is 1. The number of ether oxygens (including phenoxy) is 1. The van der Waals surface area contributed by atoms with Gasteiger partial charge in [0, 0.05) is 29.3 Å². The molecule has 11 heteroatoms. The molecule has 4 aliphatic rings. The number of nitrogens with zero attached hydrogens (tertiary/aromatic N) is 1. The number of piperidine rings is 1. The maximum Gasteiger partial charge on any atom is 0.255 e. The van der Waals surface area contributed by atoms with E-state index in [4.69, 9.17) is 10.5 Å². The highest BCUT2D eigenvalue weighted by molar-refractivity contribution is 6.28. The third-order valence-corrected chi connectivity index (χ3v) is 8.48. The van der Waals surface area contributed by atoms with Gasteiger partial charge in [0.15, 0.2) is 11.6 Å². The largest absolute Gasteiger partial charge is 0.510 e. The smallest absolute Gasteiger partial charge is 0.255 e. The average Bonchev–Trinajstić information content (AvgIpc) is 2.83. The Bertz CT molecular complexity index is 1300. The molecule has 0 spiro atoms. The number of phenols is 1. The van der Waals surface area contributed by atoms with E-state index >= 15 is 0 Å². The summed E-state index contributed by atoms with van der Waals surface area (Å²) in [7, 11) is 4.82. The molecule has 3 aliphatic carbocycles. The van der Waals surface area contributed by atoms with Gasteiger partial charge in [0.05, 0.1) is 24.6 Å². The minimum Gasteiger partial charge on any atom is -0.510 e. The number of Topliss-reactive ketones (excluding diaryl/α,β-unsaturated/α-hetero) is 2. The highest BCUT2D eigenvalue weighted by Crippen LogP contribution is 2.53. The molecule has 1 amide bonds. The fraction of sp³-hybridized carbons (Fsp3) is 0.519. The Kier molecular flexibility index (Phi) is 6.47. The Morgan fingerprint density at radius 1 is 1.18 bits per heavy atom. The lowest BCUT2D eigenvalue weighted by molar-refractivity contribution is -0.136. The molecule has 10 nitrogen and oxygen atoms in total. The Balaban J connectivity index is 1.63. The highest BCUT2D eigenvalue weighted by Gasteiger charge is 2.56. The van der Waals surface area contributed by atoms with Crippen molar-refractivity contribution in [3.8, 4) is 11.5 Å². The number of primary amides is 1. The molecule has 1 aliphatic heterocycles. The molecule has 1 aromatic carbocycles. The third-order valence-electron chi connectivity index (χ3n) is 8.48. The van der Waals surface area contributed by atoms with E-state index in [1.807, 2.05) is 0 Å². The van der Waals surface area contributed by atoms with Crippen LogP contribution in [-0.2, 0) is 20.8 Å². The fourth-order valence-corrected chi connectivity index (χ4v) is 6.93. The number of allylic oxidation sites excluding steroid dienone is 1. The van der Waals surface area contributed by atoms with Crippen LogP contribution >= 0.6 is 0 Å². The second-order valence-electron chi connectivity index (χ2n) is 10.8. The van der Waals surface area contributed by atoms with E-state index in [1.54, 1.807) is 19.0 Å². The van der Waals surface area contributed by atoms with Crippen molar-refractivity contribution in [2.45, 2.75) is 43.9 Å². The molecule has 1 saturated heterocycles. The van der Waals surface area contributed by atoms with Crippen LogP contribution in [0.5, 0.6) is 11.5 Å². The minimum absolute atomic E-state index is 0.0102. The summed E-state index contributed by atoms with van der Waals surface area (Å²) in [5.41, 5.74) is 6.02. The zero-order valence-electron chi connectivity index (χ0n) is 21.5. The molecule has 2 fully saturated rings. The molecule has 5 rings (SSSR count). The van der Waals surface area contributed by atoms with E-state index in [0.29, 0.717) is 29.7 Å². The van der Waals surface area contributed by atoms with Crippen molar-refractivity contribution in [2.75, 3.05) is 27.7 Å². The molecule has 1 aromatic rings. The molecule has 5 unspecified atom stereocenters. The number of hydrogen-bond donors (Lipinski definition) is 5. The lowest BCUT2D eigenvalue weighted by Gasteiger charge is -2.46. The highest BCUT2D eigenvalue weighted by atomic mass is 19.1. The molecule has 6 atom stereocenters. The number of halogens is 1. The first-order valence-corrected chi connectivity index (χ1v) is 12.7. The number of nitrogens with two attached hydrogens (primary N) is 1. The SMILES string of the molecule is COc1c(C2CCC(F)CN2)cc(O)c2c1CC1CC3C(C(=O)C(C(N)=O)=C(O)[C@H]3N(C)C)C(=O)C1=C2O. The number of likely N-dealkylation sites (N-methyl/N-ethyl adjacent to an activating group) is 1. The van der Waals surface area contributed by atoms with Crippen LogP contribution in [0.3, 0.4) is 0 Å². The lowest BCUT2D eigenvalue weighted by atomic mass is 9.59. The second-order valence-corrected chi connectivity index (χ2v) is 10.8. The summed E-state index contributed by atoms with van der Waals surface area (Å²) >= 11 is 0. The van der Waals surface area contributed by atoms with Gasteiger partial charge in [0.2, 0.25) is 0 Å². The normalized spacial score (nSPS) is 31.2. The summed E-state index contributed by atoms with van der Waals surface area (Å²) in [6.07, 6.45) is 0.378. The molecular weight excluding hydrogens is 497 g/mol. The topological polar surface area (TPSA) is 162 Å². The van der Waals surface area contributed by atoms with Gasteiger partial charge in [0.25, 0.3) is 5.91 Å². The zero-order chi connectivity index (χ0) is 27.6. The van der Waals surface area contributed by atoms with Crippen LogP contribution in [0, 0.1) is 17.8 Å². The number of hydrogen-bond acceptors (Lipinski definition) is 9. The van der Waals surface area contributed by atoms with Gasteiger partial charge in [-0.1, -0.05) is 0 Å². The number of carbonyl (C=O) groups is 3. The lowest BCUT2D eigenvalue weighted by Crippen LogP contribution is -2.55. The summed E-state index contributed by atoms with van der Waals surface area (Å²) in [5, 5.41) is 36.3. The van der Waals surface area contributed by atoms with Crippen LogP contribution < -0.4 is 15.8 Å². The zero-order valence-corrected chi connectivity index (χ0v) is 21.5. The number of nitrogens with one attached hydrogen (secondary N) is 1. The van der Waals surface area contributed by atoms with Crippen LogP contribution in [-0.4, -0.2) is 77.7 Å². The van der Waals surface area contributed by atoms with Crippen LogP contribution in [0.4, 0.5) is 4.39 Å². The molecule has 0 radical (unpaired) electrons. The summed E-state index contributed by atoms with van der Waals surface area (Å²) in [5.74, 6) is -5.85. The fourth-order valence-electron chi connectivity index (χ4n) is 6.93. The van der Waals surface area contributed by atoms with E-state index < -0.39 is 64.5 Å². The molecule has 38 heavy (non-hydrogen) atoms. The first kappa shape index (κ1) is 26.2. The Hall–Kier alpha value is -3.44. The van der Waals surface area contributed by atoms with E-state index in [-0.39, 0.29) is 42.3 Å². The number of phenolic OH excluding ortho intramolecular Hbond substituents is 1.